The Morgan fingerprint density at radius 2 is 1.55 bits per heavy atom. The molecule has 0 aromatic carbocycles. The van der Waals surface area contributed by atoms with Crippen molar-refractivity contribution in [1.29, 1.82) is 0 Å². The van der Waals surface area contributed by atoms with Crippen LogP contribution >= 0.6 is 0 Å². The fraction of sp³-hybridized carbons (Fsp3) is 1.00. The van der Waals surface area contributed by atoms with Gasteiger partial charge in [-0.2, -0.15) is 0 Å². The number of piperidine rings is 1. The Labute approximate surface area is 69.8 Å². The SMILES string of the molecule is CC(C)N1CC2(C)CC2(C)C1. The molecule has 2 unspecified atom stereocenters. The van der Waals surface area contributed by atoms with E-state index in [0.29, 0.717) is 10.8 Å². The van der Waals surface area contributed by atoms with Gasteiger partial charge in [-0.3, -0.25) is 4.90 Å². The molecule has 0 amide bonds. The molecule has 0 aromatic heterocycles. The molecule has 64 valence electrons. The first-order valence-corrected chi connectivity index (χ1v) is 4.71. The van der Waals surface area contributed by atoms with E-state index in [1.54, 1.807) is 0 Å². The molecule has 1 heteroatoms. The quantitative estimate of drug-likeness (QED) is 0.558. The molecule has 2 atom stereocenters. The lowest BCUT2D eigenvalue weighted by atomic mass is 10.0. The highest BCUT2D eigenvalue weighted by atomic mass is 15.2. The summed E-state index contributed by atoms with van der Waals surface area (Å²) in [5.41, 5.74) is 1.36. The first kappa shape index (κ1) is 7.60. The van der Waals surface area contributed by atoms with E-state index in [-0.39, 0.29) is 0 Å². The zero-order chi connectivity index (χ0) is 8.28. The van der Waals surface area contributed by atoms with Gasteiger partial charge in [0.15, 0.2) is 0 Å². The van der Waals surface area contributed by atoms with Crippen molar-refractivity contribution in [3.8, 4) is 0 Å². The molecular formula is C10H19N. The molecule has 0 N–H and O–H groups in total. The van der Waals surface area contributed by atoms with Crippen molar-refractivity contribution in [2.75, 3.05) is 13.1 Å². The zero-order valence-corrected chi connectivity index (χ0v) is 8.15. The van der Waals surface area contributed by atoms with Crippen LogP contribution in [0.1, 0.15) is 34.1 Å². The highest BCUT2D eigenvalue weighted by molar-refractivity contribution is 5.16. The van der Waals surface area contributed by atoms with Gasteiger partial charge in [0.05, 0.1) is 0 Å². The van der Waals surface area contributed by atoms with Crippen molar-refractivity contribution in [2.45, 2.75) is 40.2 Å². The van der Waals surface area contributed by atoms with Gasteiger partial charge < -0.3 is 0 Å². The first-order chi connectivity index (χ1) is 4.97. The zero-order valence-electron chi connectivity index (χ0n) is 8.15. The van der Waals surface area contributed by atoms with Crippen molar-refractivity contribution in [3.63, 3.8) is 0 Å². The van der Waals surface area contributed by atoms with Crippen molar-refractivity contribution in [3.05, 3.63) is 0 Å². The fourth-order valence-electron chi connectivity index (χ4n) is 2.63. The third kappa shape index (κ3) is 0.868. The van der Waals surface area contributed by atoms with Crippen molar-refractivity contribution in [2.24, 2.45) is 10.8 Å². The third-order valence-corrected chi connectivity index (χ3v) is 3.95. The van der Waals surface area contributed by atoms with Crippen LogP contribution in [0.15, 0.2) is 0 Å². The predicted molar refractivity (Wildman–Crippen MR) is 47.5 cm³/mol. The molecule has 2 rings (SSSR count). The average molecular weight is 153 g/mol. The van der Waals surface area contributed by atoms with Crippen molar-refractivity contribution < 1.29 is 0 Å². The predicted octanol–water partition coefficient (Wildman–Crippen LogP) is 2.13. The summed E-state index contributed by atoms with van der Waals surface area (Å²) in [5.74, 6) is 0. The minimum Gasteiger partial charge on any atom is -0.300 e. The highest BCUT2D eigenvalue weighted by Gasteiger charge is 2.65. The minimum absolute atomic E-state index is 0.678. The van der Waals surface area contributed by atoms with Crippen LogP contribution in [0.5, 0.6) is 0 Å². The molecular weight excluding hydrogens is 134 g/mol. The van der Waals surface area contributed by atoms with E-state index in [2.05, 4.69) is 32.6 Å². The van der Waals surface area contributed by atoms with Gasteiger partial charge >= 0.3 is 0 Å². The topological polar surface area (TPSA) is 3.24 Å². The molecule has 1 heterocycles. The third-order valence-electron chi connectivity index (χ3n) is 3.95. The number of hydrogen-bond acceptors (Lipinski definition) is 1. The standard InChI is InChI=1S/C10H19N/c1-8(2)11-6-9(3)5-10(9,4)7-11/h8H,5-7H2,1-4H3. The second-order valence-corrected chi connectivity index (χ2v) is 5.30. The normalized spacial score (nSPS) is 49.9. The summed E-state index contributed by atoms with van der Waals surface area (Å²) in [5, 5.41) is 0. The summed E-state index contributed by atoms with van der Waals surface area (Å²) in [6, 6.07) is 0.747. The Kier molecular flexibility index (Phi) is 1.26. The van der Waals surface area contributed by atoms with Crippen LogP contribution in [0.2, 0.25) is 0 Å². The van der Waals surface area contributed by atoms with Gasteiger partial charge in [-0.1, -0.05) is 13.8 Å². The lowest BCUT2D eigenvalue weighted by Gasteiger charge is -2.23. The summed E-state index contributed by atoms with van der Waals surface area (Å²) < 4.78 is 0. The Hall–Kier alpha value is -0.0400. The van der Waals surface area contributed by atoms with E-state index in [1.807, 2.05) is 0 Å². The van der Waals surface area contributed by atoms with Crippen LogP contribution in [0.3, 0.4) is 0 Å². The number of nitrogens with zero attached hydrogens (tertiary/aromatic N) is 1. The van der Waals surface area contributed by atoms with Crippen LogP contribution in [-0.4, -0.2) is 24.0 Å². The lowest BCUT2D eigenvalue weighted by molar-refractivity contribution is 0.226. The van der Waals surface area contributed by atoms with Crippen LogP contribution in [0.4, 0.5) is 0 Å². The summed E-state index contributed by atoms with van der Waals surface area (Å²) in [6.45, 7) is 12.2. The highest BCUT2D eigenvalue weighted by Crippen LogP contribution is 2.67. The molecule has 1 aliphatic carbocycles. The minimum atomic E-state index is 0.678. The first-order valence-electron chi connectivity index (χ1n) is 4.71. The smallest absolute Gasteiger partial charge is 0.00442 e. The van der Waals surface area contributed by atoms with Crippen molar-refractivity contribution in [1.82, 2.24) is 4.90 Å². The molecule has 2 aliphatic rings. The van der Waals surface area contributed by atoms with E-state index in [0.717, 1.165) is 6.04 Å². The number of rotatable bonds is 1. The molecule has 2 fully saturated rings. The largest absolute Gasteiger partial charge is 0.300 e. The second-order valence-electron chi connectivity index (χ2n) is 5.30. The van der Waals surface area contributed by atoms with Gasteiger partial charge in [-0.05, 0) is 31.1 Å². The molecule has 1 aliphatic heterocycles. The van der Waals surface area contributed by atoms with Gasteiger partial charge in [0.1, 0.15) is 0 Å². The van der Waals surface area contributed by atoms with Crippen LogP contribution < -0.4 is 0 Å². The maximum absolute atomic E-state index is 2.61. The maximum Gasteiger partial charge on any atom is 0.00442 e. The number of likely N-dealkylation sites (tertiary alicyclic amines) is 1. The van der Waals surface area contributed by atoms with E-state index in [4.69, 9.17) is 0 Å². The molecule has 1 nitrogen and oxygen atoms in total. The van der Waals surface area contributed by atoms with E-state index in [1.165, 1.54) is 19.5 Å². The van der Waals surface area contributed by atoms with E-state index < -0.39 is 0 Å². The van der Waals surface area contributed by atoms with Crippen LogP contribution in [0, 0.1) is 10.8 Å². The van der Waals surface area contributed by atoms with Gasteiger partial charge in [0.2, 0.25) is 0 Å². The van der Waals surface area contributed by atoms with Gasteiger partial charge in [0.25, 0.3) is 0 Å². The van der Waals surface area contributed by atoms with Gasteiger partial charge in [-0.15, -0.1) is 0 Å². The Morgan fingerprint density at radius 3 is 1.82 bits per heavy atom. The molecule has 0 spiro atoms. The molecule has 0 aromatic rings. The fourth-order valence-corrected chi connectivity index (χ4v) is 2.63. The summed E-state index contributed by atoms with van der Waals surface area (Å²) >= 11 is 0. The van der Waals surface area contributed by atoms with Gasteiger partial charge in [0, 0.05) is 19.1 Å². The summed E-state index contributed by atoms with van der Waals surface area (Å²) in [6.07, 6.45) is 1.46. The van der Waals surface area contributed by atoms with E-state index >= 15 is 0 Å². The molecule has 0 radical (unpaired) electrons. The summed E-state index contributed by atoms with van der Waals surface area (Å²) in [7, 11) is 0. The monoisotopic (exact) mass is 153 g/mol. The molecule has 0 bridgehead atoms. The van der Waals surface area contributed by atoms with Crippen LogP contribution in [-0.2, 0) is 0 Å². The van der Waals surface area contributed by atoms with Crippen molar-refractivity contribution >= 4 is 0 Å². The molecule has 1 saturated heterocycles. The Balaban J connectivity index is 2.07. The Bertz CT molecular complexity index is 171. The van der Waals surface area contributed by atoms with E-state index in [9.17, 15) is 0 Å². The average Bonchev–Trinajstić information content (AvgIpc) is 2.23. The maximum atomic E-state index is 2.61. The van der Waals surface area contributed by atoms with Crippen LogP contribution in [0.25, 0.3) is 0 Å². The lowest BCUT2D eigenvalue weighted by Crippen LogP contribution is -2.31. The number of hydrogen-bond donors (Lipinski definition) is 0. The molecule has 1 saturated carbocycles. The second kappa shape index (κ2) is 1.82. The van der Waals surface area contributed by atoms with Gasteiger partial charge in [-0.25, -0.2) is 0 Å². The summed E-state index contributed by atoms with van der Waals surface area (Å²) in [4.78, 5) is 2.61. The Morgan fingerprint density at radius 1 is 1.09 bits per heavy atom. The number of fused-ring (bicyclic) bond motifs is 1. The molecule has 11 heavy (non-hydrogen) atoms.